The first-order chi connectivity index (χ1) is 14.0. The van der Waals surface area contributed by atoms with Gasteiger partial charge < -0.3 is 19.5 Å². The average Bonchev–Trinajstić information content (AvgIpc) is 3.08. The van der Waals surface area contributed by atoms with Crippen molar-refractivity contribution in [3.63, 3.8) is 0 Å². The Hall–Kier alpha value is -2.90. The number of aromatic nitrogens is 2. The van der Waals surface area contributed by atoms with E-state index in [0.717, 1.165) is 38.0 Å². The highest BCUT2D eigenvalue weighted by atomic mass is 16.4. The van der Waals surface area contributed by atoms with Crippen LogP contribution in [0.4, 0.5) is 5.69 Å². The Morgan fingerprint density at radius 1 is 1.17 bits per heavy atom. The first-order valence-electron chi connectivity index (χ1n) is 10.2. The smallest absolute Gasteiger partial charge is 0.276 e. The fraction of sp³-hybridized carbons (Fsp3) is 0.524. The van der Waals surface area contributed by atoms with Gasteiger partial charge in [0.2, 0.25) is 11.8 Å². The molecule has 29 heavy (non-hydrogen) atoms. The summed E-state index contributed by atoms with van der Waals surface area (Å²) in [6.45, 7) is 6.34. The highest BCUT2D eigenvalue weighted by Gasteiger charge is 2.30. The largest absolute Gasteiger partial charge is 0.443 e. The number of nitrogens with one attached hydrogen (secondary N) is 1. The zero-order valence-electron chi connectivity index (χ0n) is 16.9. The minimum absolute atomic E-state index is 0.0414. The average molecular weight is 397 g/mol. The molecule has 1 saturated heterocycles. The van der Waals surface area contributed by atoms with Crippen molar-refractivity contribution in [3.05, 3.63) is 41.9 Å². The molecule has 1 N–H and O–H groups in total. The number of rotatable bonds is 5. The highest BCUT2D eigenvalue weighted by molar-refractivity contribution is 5.93. The number of pyridine rings is 1. The molecule has 0 radical (unpaired) electrons. The molecule has 2 amide bonds. The van der Waals surface area contributed by atoms with Crippen LogP contribution in [-0.4, -0.2) is 52.9 Å². The third-order valence-electron chi connectivity index (χ3n) is 5.82. The number of carbonyl (C=O) groups excluding carboxylic acids is 2. The number of oxazole rings is 1. The van der Waals surface area contributed by atoms with E-state index in [0.29, 0.717) is 30.4 Å². The first-order valence-corrected chi connectivity index (χ1v) is 10.2. The SMILES string of the molecule is Cc1oc([C@H](C)NC(=O)C2CCC2)nc1C(=O)N1CCN(c2ccncc2)CC1. The van der Waals surface area contributed by atoms with Crippen LogP contribution in [0.25, 0.3) is 0 Å². The Bertz CT molecular complexity index is 870. The van der Waals surface area contributed by atoms with Crippen LogP contribution in [0, 0.1) is 12.8 Å². The van der Waals surface area contributed by atoms with Gasteiger partial charge in [0.25, 0.3) is 5.91 Å². The first kappa shape index (κ1) is 19.4. The van der Waals surface area contributed by atoms with E-state index in [2.05, 4.69) is 20.2 Å². The summed E-state index contributed by atoms with van der Waals surface area (Å²) < 4.78 is 5.72. The van der Waals surface area contributed by atoms with Crippen molar-refractivity contribution in [1.29, 1.82) is 0 Å². The summed E-state index contributed by atoms with van der Waals surface area (Å²) in [6.07, 6.45) is 6.55. The topological polar surface area (TPSA) is 91.6 Å². The van der Waals surface area contributed by atoms with Gasteiger partial charge in [0.15, 0.2) is 5.69 Å². The lowest BCUT2D eigenvalue weighted by Gasteiger charge is -2.35. The molecule has 2 aromatic heterocycles. The summed E-state index contributed by atoms with van der Waals surface area (Å²) in [5, 5.41) is 2.95. The molecule has 0 unspecified atom stereocenters. The van der Waals surface area contributed by atoms with Crippen molar-refractivity contribution in [3.8, 4) is 0 Å². The molecule has 1 aliphatic heterocycles. The molecule has 0 aromatic carbocycles. The summed E-state index contributed by atoms with van der Waals surface area (Å²) >= 11 is 0. The lowest BCUT2D eigenvalue weighted by atomic mass is 9.84. The van der Waals surface area contributed by atoms with Crippen LogP contribution in [-0.2, 0) is 4.79 Å². The molecule has 4 rings (SSSR count). The summed E-state index contributed by atoms with van der Waals surface area (Å²) in [7, 11) is 0. The number of nitrogens with zero attached hydrogens (tertiary/aromatic N) is 4. The molecule has 0 spiro atoms. The predicted octanol–water partition coefficient (Wildman–Crippen LogP) is 2.32. The zero-order chi connectivity index (χ0) is 20.4. The van der Waals surface area contributed by atoms with Crippen molar-refractivity contribution in [2.45, 2.75) is 39.2 Å². The fourth-order valence-electron chi connectivity index (χ4n) is 3.74. The van der Waals surface area contributed by atoms with Gasteiger partial charge >= 0.3 is 0 Å². The summed E-state index contributed by atoms with van der Waals surface area (Å²) in [6, 6.07) is 3.60. The maximum Gasteiger partial charge on any atom is 0.276 e. The molecular weight excluding hydrogens is 370 g/mol. The maximum atomic E-state index is 13.0. The molecule has 8 nitrogen and oxygen atoms in total. The number of piperazine rings is 1. The summed E-state index contributed by atoms with van der Waals surface area (Å²) in [5.41, 5.74) is 1.45. The van der Waals surface area contributed by atoms with Gasteiger partial charge in [-0.3, -0.25) is 14.6 Å². The van der Waals surface area contributed by atoms with Gasteiger partial charge in [0, 0.05) is 50.2 Å². The molecule has 2 fully saturated rings. The monoisotopic (exact) mass is 397 g/mol. The van der Waals surface area contributed by atoms with Gasteiger partial charge in [-0.1, -0.05) is 6.42 Å². The van der Waals surface area contributed by atoms with Crippen LogP contribution in [0.1, 0.15) is 54.4 Å². The van der Waals surface area contributed by atoms with Crippen molar-refractivity contribution in [2.24, 2.45) is 5.92 Å². The summed E-state index contributed by atoms with van der Waals surface area (Å²) in [4.78, 5) is 37.7. The number of hydrogen-bond acceptors (Lipinski definition) is 6. The van der Waals surface area contributed by atoms with Crippen LogP contribution < -0.4 is 10.2 Å². The van der Waals surface area contributed by atoms with Crippen molar-refractivity contribution < 1.29 is 14.0 Å². The summed E-state index contributed by atoms with van der Waals surface area (Å²) in [5.74, 6) is 0.899. The Labute approximate surface area is 170 Å². The normalized spacial score (nSPS) is 18.3. The molecule has 1 aliphatic carbocycles. The number of aryl methyl sites for hydroxylation is 1. The van der Waals surface area contributed by atoms with E-state index in [9.17, 15) is 9.59 Å². The molecule has 1 saturated carbocycles. The number of hydrogen-bond donors (Lipinski definition) is 1. The van der Waals surface area contributed by atoms with Gasteiger partial charge in [-0.2, -0.15) is 0 Å². The molecule has 2 aliphatic rings. The van der Waals surface area contributed by atoms with Crippen LogP contribution in [0.2, 0.25) is 0 Å². The molecule has 8 heteroatoms. The Morgan fingerprint density at radius 2 is 1.86 bits per heavy atom. The molecule has 0 bridgehead atoms. The highest BCUT2D eigenvalue weighted by Crippen LogP contribution is 2.27. The zero-order valence-corrected chi connectivity index (χ0v) is 16.9. The molecular formula is C21H27N5O3. The fourth-order valence-corrected chi connectivity index (χ4v) is 3.74. The Balaban J connectivity index is 1.37. The third kappa shape index (κ3) is 4.11. The van der Waals surface area contributed by atoms with Crippen LogP contribution in [0.15, 0.2) is 28.9 Å². The van der Waals surface area contributed by atoms with Gasteiger partial charge in [0.05, 0.1) is 0 Å². The number of anilines is 1. The second-order valence-electron chi connectivity index (χ2n) is 7.80. The minimum atomic E-state index is -0.355. The van der Waals surface area contributed by atoms with Crippen LogP contribution in [0.3, 0.4) is 0 Å². The third-order valence-corrected chi connectivity index (χ3v) is 5.82. The van der Waals surface area contributed by atoms with E-state index in [1.807, 2.05) is 24.0 Å². The van der Waals surface area contributed by atoms with Crippen LogP contribution in [0.5, 0.6) is 0 Å². The van der Waals surface area contributed by atoms with Gasteiger partial charge in [0.1, 0.15) is 11.8 Å². The Morgan fingerprint density at radius 3 is 2.48 bits per heavy atom. The quantitative estimate of drug-likeness (QED) is 0.833. The second kappa shape index (κ2) is 8.23. The van der Waals surface area contributed by atoms with Gasteiger partial charge in [-0.05, 0) is 38.8 Å². The van der Waals surface area contributed by atoms with E-state index >= 15 is 0 Å². The lowest BCUT2D eigenvalue weighted by molar-refractivity contribution is -0.128. The van der Waals surface area contributed by atoms with E-state index in [4.69, 9.17) is 4.42 Å². The molecule has 154 valence electrons. The predicted molar refractivity (Wildman–Crippen MR) is 107 cm³/mol. The lowest BCUT2D eigenvalue weighted by Crippen LogP contribution is -2.49. The molecule has 3 heterocycles. The van der Waals surface area contributed by atoms with E-state index < -0.39 is 0 Å². The number of carbonyl (C=O) groups is 2. The van der Waals surface area contributed by atoms with E-state index in [-0.39, 0.29) is 23.8 Å². The van der Waals surface area contributed by atoms with E-state index in [1.165, 1.54) is 0 Å². The minimum Gasteiger partial charge on any atom is -0.443 e. The molecule has 1 atom stereocenters. The van der Waals surface area contributed by atoms with Crippen molar-refractivity contribution >= 4 is 17.5 Å². The molecule has 2 aromatic rings. The van der Waals surface area contributed by atoms with Gasteiger partial charge in [-0.15, -0.1) is 0 Å². The number of amides is 2. The van der Waals surface area contributed by atoms with Crippen LogP contribution >= 0.6 is 0 Å². The van der Waals surface area contributed by atoms with Crippen molar-refractivity contribution in [2.75, 3.05) is 31.1 Å². The second-order valence-corrected chi connectivity index (χ2v) is 7.80. The Kier molecular flexibility index (Phi) is 5.51. The maximum absolute atomic E-state index is 13.0. The van der Waals surface area contributed by atoms with Crippen molar-refractivity contribution in [1.82, 2.24) is 20.2 Å². The van der Waals surface area contributed by atoms with Gasteiger partial charge in [-0.25, -0.2) is 4.98 Å². The van der Waals surface area contributed by atoms with E-state index in [1.54, 1.807) is 19.3 Å². The standard InChI is InChI=1S/C21H27N5O3/c1-14(23-19(27)16-4-3-5-16)20-24-18(15(2)29-20)21(28)26-12-10-25(11-13-26)17-6-8-22-9-7-17/h6-9,14,16H,3-5,10-13H2,1-2H3,(H,23,27)/t14-/m0/s1.